The number of hydrogen-bond acceptors (Lipinski definition) is 4. The van der Waals surface area contributed by atoms with Gasteiger partial charge < -0.3 is 15.4 Å². The molecule has 1 saturated carbocycles. The summed E-state index contributed by atoms with van der Waals surface area (Å²) < 4.78 is 5.95. The third-order valence-corrected chi connectivity index (χ3v) is 8.73. The van der Waals surface area contributed by atoms with E-state index in [2.05, 4.69) is 57.2 Å². The van der Waals surface area contributed by atoms with Crippen LogP contribution < -0.4 is 15.4 Å². The smallest absolute Gasteiger partial charge is 0.243 e. The fourth-order valence-corrected chi connectivity index (χ4v) is 6.14. The Balaban J connectivity index is 1.72. The zero-order chi connectivity index (χ0) is 31.8. The van der Waals surface area contributed by atoms with Crippen molar-refractivity contribution in [3.63, 3.8) is 0 Å². The van der Waals surface area contributed by atoms with Crippen molar-refractivity contribution in [1.82, 2.24) is 15.5 Å². The molecule has 0 spiro atoms. The summed E-state index contributed by atoms with van der Waals surface area (Å²) in [5.41, 5.74) is 1.99. The average Bonchev–Trinajstić information content (AvgIpc) is 2.94. The maximum absolute atomic E-state index is 14.0. The van der Waals surface area contributed by atoms with Gasteiger partial charge in [-0.25, -0.2) is 0 Å². The number of ether oxygens (including phenoxy) is 1. The first-order valence-electron chi connectivity index (χ1n) is 16.2. The van der Waals surface area contributed by atoms with E-state index in [-0.39, 0.29) is 17.9 Å². The van der Waals surface area contributed by atoms with Crippen molar-refractivity contribution in [3.8, 4) is 5.75 Å². The number of carbonyl (C=O) groups is 2. The molecule has 0 aliphatic heterocycles. The highest BCUT2D eigenvalue weighted by Crippen LogP contribution is 2.39. The molecule has 0 unspecified atom stereocenters. The Hall–Kier alpha value is -2.86. The molecule has 0 radical (unpaired) electrons. The van der Waals surface area contributed by atoms with Crippen LogP contribution in [0.3, 0.4) is 0 Å². The summed E-state index contributed by atoms with van der Waals surface area (Å²) in [6.07, 6.45) is 5.75. The maximum atomic E-state index is 14.0. The summed E-state index contributed by atoms with van der Waals surface area (Å²) in [7, 11) is 2.10. The van der Waals surface area contributed by atoms with Crippen LogP contribution in [0.4, 0.5) is 0 Å². The summed E-state index contributed by atoms with van der Waals surface area (Å²) in [5.74, 6) is 1.62. The van der Waals surface area contributed by atoms with Gasteiger partial charge in [0.15, 0.2) is 0 Å². The second-order valence-electron chi connectivity index (χ2n) is 15.1. The van der Waals surface area contributed by atoms with E-state index in [1.807, 2.05) is 75.4 Å². The highest BCUT2D eigenvalue weighted by atomic mass is 16.5. The van der Waals surface area contributed by atoms with Crippen molar-refractivity contribution in [2.45, 2.75) is 124 Å². The van der Waals surface area contributed by atoms with Gasteiger partial charge in [-0.3, -0.25) is 14.5 Å². The fourth-order valence-electron chi connectivity index (χ4n) is 6.14. The summed E-state index contributed by atoms with van der Waals surface area (Å²) in [4.78, 5) is 29.8. The summed E-state index contributed by atoms with van der Waals surface area (Å²) in [6.45, 7) is 17.7. The van der Waals surface area contributed by atoms with E-state index in [4.69, 9.17) is 4.74 Å². The van der Waals surface area contributed by atoms with Gasteiger partial charge in [0.05, 0.1) is 6.04 Å². The molecular weight excluding hydrogens is 534 g/mol. The number of amides is 2. The van der Waals surface area contributed by atoms with Crippen LogP contribution in [0, 0.1) is 17.3 Å². The number of hydrogen-bond donors (Lipinski definition) is 2. The van der Waals surface area contributed by atoms with Crippen LogP contribution in [-0.4, -0.2) is 47.4 Å². The highest BCUT2D eigenvalue weighted by molar-refractivity contribution is 5.90. The number of carbonyl (C=O) groups excluding carboxylic acids is 2. The molecule has 1 aliphatic carbocycles. The number of nitrogens with zero attached hydrogens (tertiary/aromatic N) is 1. The summed E-state index contributed by atoms with van der Waals surface area (Å²) >= 11 is 0. The predicted octanol–water partition coefficient (Wildman–Crippen LogP) is 7.16. The van der Waals surface area contributed by atoms with E-state index in [9.17, 15) is 9.59 Å². The third-order valence-electron chi connectivity index (χ3n) is 8.73. The first-order chi connectivity index (χ1) is 20.1. The molecule has 1 aliphatic rings. The number of likely N-dealkylation sites (N-methyl/N-ethyl adjacent to an activating group) is 1. The minimum Gasteiger partial charge on any atom is -0.489 e. The first kappa shape index (κ1) is 34.6. The quantitative estimate of drug-likeness (QED) is 0.275. The van der Waals surface area contributed by atoms with Crippen LogP contribution in [0.1, 0.15) is 98.6 Å². The van der Waals surface area contributed by atoms with E-state index < -0.39 is 11.6 Å². The van der Waals surface area contributed by atoms with E-state index >= 15 is 0 Å². The van der Waals surface area contributed by atoms with Gasteiger partial charge in [-0.2, -0.15) is 0 Å². The molecular formula is C37H57N3O3. The van der Waals surface area contributed by atoms with E-state index in [1.165, 1.54) is 12.8 Å². The van der Waals surface area contributed by atoms with E-state index in [1.54, 1.807) is 0 Å². The Morgan fingerprint density at radius 3 is 2.00 bits per heavy atom. The molecule has 43 heavy (non-hydrogen) atoms. The summed E-state index contributed by atoms with van der Waals surface area (Å²) in [6, 6.07) is 17.3. The third kappa shape index (κ3) is 11.3. The molecule has 1 fully saturated rings. The monoisotopic (exact) mass is 591 g/mol. The molecule has 2 amide bonds. The van der Waals surface area contributed by atoms with Gasteiger partial charge in [-0.15, -0.1) is 0 Å². The van der Waals surface area contributed by atoms with Crippen molar-refractivity contribution >= 4 is 11.8 Å². The molecule has 2 N–H and O–H groups in total. The fraction of sp³-hybridized carbons (Fsp3) is 0.622. The van der Waals surface area contributed by atoms with Gasteiger partial charge in [0, 0.05) is 18.0 Å². The lowest BCUT2D eigenvalue weighted by Gasteiger charge is -2.42. The second-order valence-corrected chi connectivity index (χ2v) is 15.1. The largest absolute Gasteiger partial charge is 0.489 e. The molecule has 0 heterocycles. The SMILES string of the molecule is CC(C)C[C@@H](C(=O)N[C@@H](Cc1ccc(OCc2ccccc2)cc1)C(=O)NC(C)(C)C)N(C)C1CCC(C(C)(C)C)CC1. The molecule has 0 bridgehead atoms. The molecule has 6 nitrogen and oxygen atoms in total. The molecule has 2 atom stereocenters. The van der Waals surface area contributed by atoms with Gasteiger partial charge >= 0.3 is 0 Å². The van der Waals surface area contributed by atoms with Crippen molar-refractivity contribution < 1.29 is 14.3 Å². The zero-order valence-corrected chi connectivity index (χ0v) is 28.2. The predicted molar refractivity (Wildman–Crippen MR) is 177 cm³/mol. The number of rotatable bonds is 12. The van der Waals surface area contributed by atoms with Gasteiger partial charge in [-0.1, -0.05) is 77.1 Å². The van der Waals surface area contributed by atoms with Gasteiger partial charge in [-0.05, 0) is 100 Å². The average molecular weight is 592 g/mol. The Morgan fingerprint density at radius 2 is 1.47 bits per heavy atom. The van der Waals surface area contributed by atoms with Crippen LogP contribution in [0.15, 0.2) is 54.6 Å². The number of nitrogens with one attached hydrogen (secondary N) is 2. The van der Waals surface area contributed by atoms with Gasteiger partial charge in [0.25, 0.3) is 0 Å². The molecule has 6 heteroatoms. The Bertz CT molecular complexity index is 1140. The molecule has 3 rings (SSSR count). The Morgan fingerprint density at radius 1 is 0.860 bits per heavy atom. The molecule has 0 saturated heterocycles. The van der Waals surface area contributed by atoms with E-state index in [0.29, 0.717) is 30.4 Å². The molecule has 2 aromatic rings. The minimum atomic E-state index is -0.678. The van der Waals surface area contributed by atoms with Crippen LogP contribution in [0.5, 0.6) is 5.75 Å². The second kappa shape index (κ2) is 15.2. The topological polar surface area (TPSA) is 70.7 Å². The minimum absolute atomic E-state index is 0.0639. The number of benzene rings is 2. The zero-order valence-electron chi connectivity index (χ0n) is 28.2. The van der Waals surface area contributed by atoms with Crippen molar-refractivity contribution in [2.75, 3.05) is 7.05 Å². The lowest BCUT2D eigenvalue weighted by atomic mass is 9.71. The van der Waals surface area contributed by atoms with E-state index in [0.717, 1.165) is 42.1 Å². The lowest BCUT2D eigenvalue weighted by molar-refractivity contribution is -0.133. The van der Waals surface area contributed by atoms with Gasteiger partial charge in [0.1, 0.15) is 18.4 Å². The highest BCUT2D eigenvalue weighted by Gasteiger charge is 2.36. The van der Waals surface area contributed by atoms with Crippen LogP contribution >= 0.6 is 0 Å². The Labute approximate surface area is 261 Å². The lowest BCUT2D eigenvalue weighted by Crippen LogP contribution is -2.57. The van der Waals surface area contributed by atoms with Crippen molar-refractivity contribution in [1.29, 1.82) is 0 Å². The first-order valence-corrected chi connectivity index (χ1v) is 16.2. The van der Waals surface area contributed by atoms with Crippen LogP contribution in [0.2, 0.25) is 0 Å². The molecule has 2 aromatic carbocycles. The molecule has 0 aromatic heterocycles. The molecule has 238 valence electrons. The van der Waals surface area contributed by atoms with Crippen LogP contribution in [-0.2, 0) is 22.6 Å². The normalized spacial score (nSPS) is 19.1. The van der Waals surface area contributed by atoms with Crippen molar-refractivity contribution in [2.24, 2.45) is 17.3 Å². The van der Waals surface area contributed by atoms with Crippen molar-refractivity contribution in [3.05, 3.63) is 65.7 Å². The van der Waals surface area contributed by atoms with Gasteiger partial charge in [0.2, 0.25) is 11.8 Å². The van der Waals surface area contributed by atoms with Crippen LogP contribution in [0.25, 0.3) is 0 Å². The summed E-state index contributed by atoms with van der Waals surface area (Å²) in [5, 5.41) is 6.28. The maximum Gasteiger partial charge on any atom is 0.243 e. The Kier molecular flexibility index (Phi) is 12.3. The standard InChI is InChI=1S/C37H57N3O3/c1-26(2)23-33(40(9)30-19-17-29(18-20-30)36(3,4)5)35(42)38-32(34(41)39-37(6,7)8)24-27-15-21-31(22-16-27)43-25-28-13-11-10-12-14-28/h10-16,21-22,26,29-30,32-33H,17-20,23-25H2,1-9H3,(H,38,42)(H,39,41)/t29?,30?,32-,33-/m0/s1.